The van der Waals surface area contributed by atoms with Crippen molar-refractivity contribution in [1.29, 1.82) is 0 Å². The number of anilines is 1. The van der Waals surface area contributed by atoms with Crippen LogP contribution in [-0.4, -0.2) is 56.4 Å². The summed E-state index contributed by atoms with van der Waals surface area (Å²) in [6, 6.07) is 6.85. The molecule has 118 valence electrons. The van der Waals surface area contributed by atoms with Gasteiger partial charge in [0.2, 0.25) is 0 Å². The minimum Gasteiger partial charge on any atom is -0.389 e. The van der Waals surface area contributed by atoms with Gasteiger partial charge >= 0.3 is 6.03 Å². The Morgan fingerprint density at radius 2 is 2.14 bits per heavy atom. The molecule has 1 aromatic carbocycles. The molecule has 6 nitrogen and oxygen atoms in total. The lowest BCUT2D eigenvalue weighted by Crippen LogP contribution is -2.32. The molecular weight excluding hydrogens is 270 g/mol. The Kier molecular flexibility index (Phi) is 7.74. The van der Waals surface area contributed by atoms with Crippen molar-refractivity contribution in [2.24, 2.45) is 0 Å². The standard InChI is InChI=1S/C15H25N3O3/c1-12(19)13-5-4-6-14(11-13)17-15(20)16-7-9-21-10-8-18(2)3/h4-6,11-12,19H,7-10H2,1-3H3,(H2,16,17,20). The molecule has 0 aliphatic carbocycles. The van der Waals surface area contributed by atoms with Crippen LogP contribution in [0.25, 0.3) is 0 Å². The van der Waals surface area contributed by atoms with Crippen molar-refractivity contribution < 1.29 is 14.6 Å². The molecule has 6 heteroatoms. The van der Waals surface area contributed by atoms with Crippen LogP contribution in [-0.2, 0) is 4.74 Å². The number of carbonyl (C=O) groups is 1. The van der Waals surface area contributed by atoms with Crippen molar-refractivity contribution in [3.63, 3.8) is 0 Å². The van der Waals surface area contributed by atoms with E-state index in [9.17, 15) is 9.90 Å². The van der Waals surface area contributed by atoms with Crippen LogP contribution in [0.1, 0.15) is 18.6 Å². The van der Waals surface area contributed by atoms with E-state index in [1.54, 1.807) is 25.1 Å². The molecule has 0 aliphatic rings. The van der Waals surface area contributed by atoms with Gasteiger partial charge in [0, 0.05) is 18.8 Å². The van der Waals surface area contributed by atoms with Crippen molar-refractivity contribution in [3.8, 4) is 0 Å². The average molecular weight is 295 g/mol. The highest BCUT2D eigenvalue weighted by atomic mass is 16.5. The van der Waals surface area contributed by atoms with E-state index in [0.717, 1.165) is 12.1 Å². The Morgan fingerprint density at radius 3 is 2.81 bits per heavy atom. The number of rotatable bonds is 8. The summed E-state index contributed by atoms with van der Waals surface area (Å²) in [5, 5.41) is 14.9. The molecule has 0 aliphatic heterocycles. The highest BCUT2D eigenvalue weighted by Gasteiger charge is 2.04. The van der Waals surface area contributed by atoms with Crippen LogP contribution in [0.5, 0.6) is 0 Å². The van der Waals surface area contributed by atoms with Crippen molar-refractivity contribution in [3.05, 3.63) is 29.8 Å². The van der Waals surface area contributed by atoms with Crippen LogP contribution in [0.2, 0.25) is 0 Å². The molecule has 0 bridgehead atoms. The Balaban J connectivity index is 2.23. The van der Waals surface area contributed by atoms with E-state index in [1.807, 2.05) is 25.1 Å². The van der Waals surface area contributed by atoms with Gasteiger partial charge in [0.25, 0.3) is 0 Å². The summed E-state index contributed by atoms with van der Waals surface area (Å²) < 4.78 is 5.38. The van der Waals surface area contributed by atoms with Crippen LogP contribution in [0.4, 0.5) is 10.5 Å². The lowest BCUT2D eigenvalue weighted by Gasteiger charge is -2.11. The Bertz CT molecular complexity index is 436. The van der Waals surface area contributed by atoms with E-state index < -0.39 is 6.10 Å². The van der Waals surface area contributed by atoms with E-state index in [-0.39, 0.29) is 6.03 Å². The maximum Gasteiger partial charge on any atom is 0.319 e. The fourth-order valence-electron chi connectivity index (χ4n) is 1.64. The van der Waals surface area contributed by atoms with E-state index in [4.69, 9.17) is 4.74 Å². The number of hydrogen-bond donors (Lipinski definition) is 3. The molecule has 1 unspecified atom stereocenters. The van der Waals surface area contributed by atoms with E-state index >= 15 is 0 Å². The van der Waals surface area contributed by atoms with E-state index in [2.05, 4.69) is 10.6 Å². The van der Waals surface area contributed by atoms with Gasteiger partial charge in [0.05, 0.1) is 19.3 Å². The number of urea groups is 1. The number of aliphatic hydroxyl groups is 1. The summed E-state index contributed by atoms with van der Waals surface area (Å²) in [4.78, 5) is 13.7. The topological polar surface area (TPSA) is 73.8 Å². The third-order valence-corrected chi connectivity index (χ3v) is 2.84. The van der Waals surface area contributed by atoms with Crippen molar-refractivity contribution in [2.75, 3.05) is 45.7 Å². The number of benzene rings is 1. The molecule has 1 aromatic rings. The second kappa shape index (κ2) is 9.33. The molecule has 0 radical (unpaired) electrons. The van der Waals surface area contributed by atoms with Gasteiger partial charge in [-0.3, -0.25) is 0 Å². The predicted octanol–water partition coefficient (Wildman–Crippen LogP) is 1.44. The molecule has 0 spiro atoms. The Hall–Kier alpha value is -1.63. The summed E-state index contributed by atoms with van der Waals surface area (Å²) >= 11 is 0. The molecule has 0 saturated carbocycles. The second-order valence-corrected chi connectivity index (χ2v) is 5.10. The van der Waals surface area contributed by atoms with Crippen LogP contribution >= 0.6 is 0 Å². The first-order chi connectivity index (χ1) is 9.99. The first kappa shape index (κ1) is 17.4. The lowest BCUT2D eigenvalue weighted by atomic mass is 10.1. The smallest absolute Gasteiger partial charge is 0.319 e. The largest absolute Gasteiger partial charge is 0.389 e. The predicted molar refractivity (Wildman–Crippen MR) is 83.5 cm³/mol. The summed E-state index contributed by atoms with van der Waals surface area (Å²) in [6.45, 7) is 4.12. The van der Waals surface area contributed by atoms with Crippen LogP contribution in [0.3, 0.4) is 0 Å². The maximum absolute atomic E-state index is 11.7. The van der Waals surface area contributed by atoms with Crippen LogP contribution in [0, 0.1) is 0 Å². The fourth-order valence-corrected chi connectivity index (χ4v) is 1.64. The monoisotopic (exact) mass is 295 g/mol. The van der Waals surface area contributed by atoms with Gasteiger partial charge in [-0.2, -0.15) is 0 Å². The van der Waals surface area contributed by atoms with Gasteiger partial charge in [-0.15, -0.1) is 0 Å². The number of amides is 2. The van der Waals surface area contributed by atoms with Gasteiger partial charge < -0.3 is 25.4 Å². The zero-order valence-electron chi connectivity index (χ0n) is 12.9. The minimum atomic E-state index is -0.556. The molecule has 21 heavy (non-hydrogen) atoms. The Morgan fingerprint density at radius 1 is 1.38 bits per heavy atom. The molecule has 0 heterocycles. The highest BCUT2D eigenvalue weighted by molar-refractivity contribution is 5.89. The zero-order chi connectivity index (χ0) is 15.7. The minimum absolute atomic E-state index is 0.283. The fraction of sp³-hybridized carbons (Fsp3) is 0.533. The number of carbonyl (C=O) groups excluding carboxylic acids is 1. The number of hydrogen-bond acceptors (Lipinski definition) is 4. The number of nitrogens with one attached hydrogen (secondary N) is 2. The van der Waals surface area contributed by atoms with Gasteiger partial charge in [-0.25, -0.2) is 4.79 Å². The molecule has 1 rings (SSSR count). The molecule has 0 fully saturated rings. The summed E-state index contributed by atoms with van der Waals surface area (Å²) in [5.74, 6) is 0. The molecule has 0 aromatic heterocycles. The van der Waals surface area contributed by atoms with Gasteiger partial charge in [0.1, 0.15) is 0 Å². The summed E-state index contributed by atoms with van der Waals surface area (Å²) in [7, 11) is 3.97. The molecular formula is C15H25N3O3. The maximum atomic E-state index is 11.7. The average Bonchev–Trinajstić information content (AvgIpc) is 2.42. The van der Waals surface area contributed by atoms with Crippen LogP contribution in [0.15, 0.2) is 24.3 Å². The third kappa shape index (κ3) is 7.65. The first-order valence-electron chi connectivity index (χ1n) is 7.04. The zero-order valence-corrected chi connectivity index (χ0v) is 12.9. The number of ether oxygens (including phenoxy) is 1. The molecule has 2 amide bonds. The van der Waals surface area contributed by atoms with Gasteiger partial charge in [0.15, 0.2) is 0 Å². The quantitative estimate of drug-likeness (QED) is 0.635. The normalized spacial score (nSPS) is 12.2. The third-order valence-electron chi connectivity index (χ3n) is 2.84. The van der Waals surface area contributed by atoms with Crippen LogP contribution < -0.4 is 10.6 Å². The second-order valence-electron chi connectivity index (χ2n) is 5.10. The van der Waals surface area contributed by atoms with E-state index in [0.29, 0.717) is 25.4 Å². The van der Waals surface area contributed by atoms with Crippen molar-refractivity contribution >= 4 is 11.7 Å². The number of nitrogens with zero attached hydrogens (tertiary/aromatic N) is 1. The summed E-state index contributed by atoms with van der Waals surface area (Å²) in [6.07, 6.45) is -0.556. The van der Waals surface area contributed by atoms with Gasteiger partial charge in [-0.1, -0.05) is 12.1 Å². The molecule has 0 saturated heterocycles. The number of likely N-dealkylation sites (N-methyl/N-ethyl adjacent to an activating group) is 1. The van der Waals surface area contributed by atoms with E-state index in [1.165, 1.54) is 0 Å². The first-order valence-corrected chi connectivity index (χ1v) is 7.04. The molecule has 1 atom stereocenters. The Labute approximate surface area is 126 Å². The molecule has 3 N–H and O–H groups in total. The van der Waals surface area contributed by atoms with Gasteiger partial charge in [-0.05, 0) is 38.7 Å². The van der Waals surface area contributed by atoms with Crippen molar-refractivity contribution in [1.82, 2.24) is 10.2 Å². The highest BCUT2D eigenvalue weighted by Crippen LogP contribution is 2.16. The SMILES string of the molecule is CC(O)c1cccc(NC(=O)NCCOCCN(C)C)c1. The number of aliphatic hydroxyl groups excluding tert-OH is 1. The van der Waals surface area contributed by atoms with Crippen molar-refractivity contribution in [2.45, 2.75) is 13.0 Å². The summed E-state index contributed by atoms with van der Waals surface area (Å²) in [5.41, 5.74) is 1.42. The lowest BCUT2D eigenvalue weighted by molar-refractivity contribution is 0.120.